The summed E-state index contributed by atoms with van der Waals surface area (Å²) >= 11 is 0. The number of halogens is 3. The number of hydrogen-bond acceptors (Lipinski definition) is 6. The molecule has 0 bridgehead atoms. The number of nitrogens with zero attached hydrogens (tertiary/aromatic N) is 2. The van der Waals surface area contributed by atoms with Crippen molar-refractivity contribution >= 4 is 29.0 Å². The Bertz CT molecular complexity index is 915. The molecule has 1 aromatic heterocycles. The van der Waals surface area contributed by atoms with Gasteiger partial charge in [-0.2, -0.15) is 18.2 Å². The third-order valence-electron chi connectivity index (χ3n) is 4.96. The Morgan fingerprint density at radius 1 is 1.29 bits per heavy atom. The van der Waals surface area contributed by atoms with Gasteiger partial charge in [-0.25, -0.2) is 4.98 Å². The number of anilines is 4. The van der Waals surface area contributed by atoms with Crippen LogP contribution in [0, 0.1) is 5.92 Å². The zero-order valence-corrected chi connectivity index (χ0v) is 14.7. The number of carbonyl (C=O) groups is 1. The van der Waals surface area contributed by atoms with Crippen LogP contribution in [0.3, 0.4) is 0 Å². The van der Waals surface area contributed by atoms with Gasteiger partial charge in [0.1, 0.15) is 17.6 Å². The second-order valence-corrected chi connectivity index (χ2v) is 6.96. The van der Waals surface area contributed by atoms with E-state index in [9.17, 15) is 23.1 Å². The Hall–Kier alpha value is -2.88. The summed E-state index contributed by atoms with van der Waals surface area (Å²) in [6, 6.07) is 5.08. The molecular weight excluding hydrogens is 375 g/mol. The molecule has 0 radical (unpaired) electrons. The Balaban J connectivity index is 1.58. The largest absolute Gasteiger partial charge is 0.421 e. The van der Waals surface area contributed by atoms with Crippen LogP contribution in [0.2, 0.25) is 0 Å². The molecule has 7 nitrogen and oxygen atoms in total. The molecule has 28 heavy (non-hydrogen) atoms. The van der Waals surface area contributed by atoms with Crippen LogP contribution in [0.1, 0.15) is 30.4 Å². The van der Waals surface area contributed by atoms with Crippen molar-refractivity contribution < 1.29 is 23.1 Å². The smallest absolute Gasteiger partial charge is 0.373 e. The highest BCUT2D eigenvalue weighted by Crippen LogP contribution is 2.36. The fourth-order valence-electron chi connectivity index (χ4n) is 3.21. The van der Waals surface area contributed by atoms with Gasteiger partial charge in [0.2, 0.25) is 11.9 Å². The Morgan fingerprint density at radius 3 is 2.75 bits per heavy atom. The maximum absolute atomic E-state index is 13.3. The lowest BCUT2D eigenvalue weighted by atomic mass is 9.84. The lowest BCUT2D eigenvalue weighted by molar-refractivity contribution is -0.137. The van der Waals surface area contributed by atoms with Crippen LogP contribution in [0.5, 0.6) is 0 Å². The van der Waals surface area contributed by atoms with Gasteiger partial charge in [0.15, 0.2) is 0 Å². The van der Waals surface area contributed by atoms with Crippen LogP contribution < -0.4 is 16.0 Å². The van der Waals surface area contributed by atoms with Gasteiger partial charge in [-0.3, -0.25) is 4.79 Å². The predicted molar refractivity (Wildman–Crippen MR) is 96.1 cm³/mol. The van der Waals surface area contributed by atoms with Gasteiger partial charge >= 0.3 is 6.18 Å². The van der Waals surface area contributed by atoms with Crippen LogP contribution in [0.25, 0.3) is 0 Å². The van der Waals surface area contributed by atoms with Gasteiger partial charge in [0, 0.05) is 23.5 Å². The summed E-state index contributed by atoms with van der Waals surface area (Å²) in [5.41, 5.74) is 0.983. The molecule has 10 heteroatoms. The topological polar surface area (TPSA) is 99.2 Å². The molecule has 1 atom stereocenters. The third-order valence-corrected chi connectivity index (χ3v) is 4.96. The predicted octanol–water partition coefficient (Wildman–Crippen LogP) is 3.26. The van der Waals surface area contributed by atoms with Gasteiger partial charge in [0.05, 0.1) is 6.42 Å². The average Bonchev–Trinajstić information content (AvgIpc) is 2.91. The van der Waals surface area contributed by atoms with E-state index < -0.39 is 23.8 Å². The number of aliphatic hydroxyl groups is 1. The monoisotopic (exact) mass is 393 g/mol. The molecule has 0 spiro atoms. The number of benzene rings is 1. The van der Waals surface area contributed by atoms with Crippen LogP contribution in [0.4, 0.5) is 36.3 Å². The molecule has 1 unspecified atom stereocenters. The molecule has 1 fully saturated rings. The summed E-state index contributed by atoms with van der Waals surface area (Å²) in [7, 11) is 0. The van der Waals surface area contributed by atoms with Gasteiger partial charge in [0.25, 0.3) is 0 Å². The first-order chi connectivity index (χ1) is 13.3. The standard InChI is InChI=1S/C18H18F3N5O2/c19-18(20,21)12-8-22-17(26-15(12)25-16(28)9-2-1-3-9)23-11-4-5-13-10(6-11)7-14(27)24-13/h4-6,8-9,16,28H,1-3,7H2,(H,24,27)(H2,22,23,25,26). The van der Waals surface area contributed by atoms with Gasteiger partial charge in [-0.1, -0.05) is 6.42 Å². The minimum atomic E-state index is -4.65. The first-order valence-corrected chi connectivity index (χ1v) is 8.88. The van der Waals surface area contributed by atoms with Crippen molar-refractivity contribution in [2.45, 2.75) is 38.1 Å². The molecule has 2 heterocycles. The third kappa shape index (κ3) is 3.72. The fourth-order valence-corrected chi connectivity index (χ4v) is 3.21. The maximum atomic E-state index is 13.3. The van der Waals surface area contributed by atoms with E-state index in [1.165, 1.54) is 0 Å². The molecule has 2 aliphatic rings. The molecule has 4 rings (SSSR count). The van der Waals surface area contributed by atoms with Crippen LogP contribution in [-0.2, 0) is 17.4 Å². The van der Waals surface area contributed by atoms with E-state index in [-0.39, 0.29) is 24.2 Å². The second-order valence-electron chi connectivity index (χ2n) is 6.96. The summed E-state index contributed by atoms with van der Waals surface area (Å²) in [4.78, 5) is 19.1. The number of hydrogen-bond donors (Lipinski definition) is 4. The van der Waals surface area contributed by atoms with E-state index >= 15 is 0 Å². The number of rotatable bonds is 5. The normalized spacial score (nSPS) is 17.5. The Morgan fingerprint density at radius 2 is 2.07 bits per heavy atom. The van der Waals surface area contributed by atoms with Crippen molar-refractivity contribution in [2.24, 2.45) is 5.92 Å². The summed E-state index contributed by atoms with van der Waals surface area (Å²) in [5.74, 6) is -0.723. The number of alkyl halides is 3. The highest BCUT2D eigenvalue weighted by atomic mass is 19.4. The second kappa shape index (κ2) is 6.93. The number of amides is 1. The average molecular weight is 393 g/mol. The van der Waals surface area contributed by atoms with Gasteiger partial charge in [-0.05, 0) is 36.6 Å². The lowest BCUT2D eigenvalue weighted by Gasteiger charge is -2.31. The molecule has 148 valence electrons. The first kappa shape index (κ1) is 18.5. The van der Waals surface area contributed by atoms with Crippen molar-refractivity contribution in [1.29, 1.82) is 0 Å². The van der Waals surface area contributed by atoms with Crippen molar-refractivity contribution in [1.82, 2.24) is 9.97 Å². The first-order valence-electron chi connectivity index (χ1n) is 8.88. The van der Waals surface area contributed by atoms with E-state index in [2.05, 4.69) is 25.9 Å². The maximum Gasteiger partial charge on any atom is 0.421 e. The lowest BCUT2D eigenvalue weighted by Crippen LogP contribution is -2.34. The molecule has 1 aromatic carbocycles. The number of aromatic nitrogens is 2. The SMILES string of the molecule is O=C1Cc2cc(Nc3ncc(C(F)(F)F)c(NC(O)C4CCC4)n3)ccc2N1. The summed E-state index contributed by atoms with van der Waals surface area (Å²) in [6.45, 7) is 0. The quantitative estimate of drug-likeness (QED) is 0.582. The fraction of sp³-hybridized carbons (Fsp3) is 0.389. The zero-order valence-electron chi connectivity index (χ0n) is 14.7. The van der Waals surface area contributed by atoms with E-state index in [4.69, 9.17) is 0 Å². The summed E-state index contributed by atoms with van der Waals surface area (Å²) < 4.78 is 39.8. The van der Waals surface area contributed by atoms with Crippen LogP contribution in [-0.4, -0.2) is 27.2 Å². The van der Waals surface area contributed by atoms with Crippen molar-refractivity contribution in [2.75, 3.05) is 16.0 Å². The molecule has 1 saturated carbocycles. The Kier molecular flexibility index (Phi) is 4.58. The van der Waals surface area contributed by atoms with E-state index in [0.29, 0.717) is 17.6 Å². The highest BCUT2D eigenvalue weighted by molar-refractivity contribution is 5.99. The number of nitrogens with one attached hydrogen (secondary N) is 3. The van der Waals surface area contributed by atoms with Crippen LogP contribution >= 0.6 is 0 Å². The molecule has 1 aliphatic carbocycles. The molecule has 2 aromatic rings. The number of aliphatic hydroxyl groups excluding tert-OH is 1. The molecule has 1 amide bonds. The summed E-state index contributed by atoms with van der Waals surface area (Å²) in [5, 5.41) is 18.2. The highest BCUT2D eigenvalue weighted by Gasteiger charge is 2.37. The van der Waals surface area contributed by atoms with Crippen molar-refractivity contribution in [3.8, 4) is 0 Å². The molecule has 4 N–H and O–H groups in total. The summed E-state index contributed by atoms with van der Waals surface area (Å²) in [6.07, 6.45) is -2.37. The van der Waals surface area contributed by atoms with Gasteiger partial charge < -0.3 is 21.1 Å². The minimum absolute atomic E-state index is 0.0476. The van der Waals surface area contributed by atoms with Crippen molar-refractivity contribution in [3.05, 3.63) is 35.5 Å². The molecule has 0 saturated heterocycles. The van der Waals surface area contributed by atoms with E-state index in [0.717, 1.165) is 24.8 Å². The number of fused-ring (bicyclic) bond motifs is 1. The van der Waals surface area contributed by atoms with E-state index in [1.807, 2.05) is 0 Å². The van der Waals surface area contributed by atoms with Crippen LogP contribution in [0.15, 0.2) is 24.4 Å². The zero-order chi connectivity index (χ0) is 19.9. The Labute approximate surface area is 158 Å². The number of carbonyl (C=O) groups excluding carboxylic acids is 1. The van der Waals surface area contributed by atoms with Gasteiger partial charge in [-0.15, -0.1) is 0 Å². The molecule has 1 aliphatic heterocycles. The van der Waals surface area contributed by atoms with Crippen molar-refractivity contribution in [3.63, 3.8) is 0 Å². The molecular formula is C18H18F3N5O2. The minimum Gasteiger partial charge on any atom is -0.373 e. The van der Waals surface area contributed by atoms with E-state index in [1.54, 1.807) is 18.2 Å².